The molecule has 1 aromatic carbocycles. The molecule has 0 radical (unpaired) electrons. The Morgan fingerprint density at radius 1 is 1.37 bits per heavy atom. The largest absolute Gasteiger partial charge is 0.497 e. The summed E-state index contributed by atoms with van der Waals surface area (Å²) in [5, 5.41) is 10.8. The van der Waals surface area contributed by atoms with Gasteiger partial charge in [-0.2, -0.15) is 0 Å². The Morgan fingerprint density at radius 2 is 2.05 bits per heavy atom. The second-order valence-electron chi connectivity index (χ2n) is 3.37. The molecule has 0 spiro atoms. The number of hydrogen-bond donors (Lipinski definition) is 3. The van der Waals surface area contributed by atoms with Crippen LogP contribution < -0.4 is 20.5 Å². The van der Waals surface area contributed by atoms with E-state index >= 15 is 0 Å². The van der Waals surface area contributed by atoms with Crippen LogP contribution in [0.1, 0.15) is 10.4 Å². The molecule has 0 aromatic heterocycles. The van der Waals surface area contributed by atoms with Crippen LogP contribution in [-0.2, 0) is 4.79 Å². The summed E-state index contributed by atoms with van der Waals surface area (Å²) in [5.41, 5.74) is 4.58. The molecule has 0 heterocycles. The molecular weight excluding hydrogens is 256 g/mol. The van der Waals surface area contributed by atoms with Gasteiger partial charge in [0.15, 0.2) is 6.61 Å². The van der Waals surface area contributed by atoms with E-state index in [4.69, 9.17) is 20.3 Å². The van der Waals surface area contributed by atoms with E-state index in [2.05, 4.69) is 0 Å². The Balaban J connectivity index is 2.80. The standard InChI is InChI=1S/C11H12N2O6/c1-18-6-2-3-8(7(4-6)10(15)16)19-5-9(14)13-11(12)17/h2-4H,5H2,1H3,(H,15,16)(H3,12,13,14,17). The smallest absolute Gasteiger partial charge is 0.339 e. The number of primary amides is 1. The van der Waals surface area contributed by atoms with Crippen LogP contribution in [0, 0.1) is 0 Å². The first-order valence-corrected chi connectivity index (χ1v) is 5.07. The van der Waals surface area contributed by atoms with Crippen molar-refractivity contribution in [3.63, 3.8) is 0 Å². The van der Waals surface area contributed by atoms with Crippen molar-refractivity contribution < 1.29 is 29.0 Å². The number of nitrogens with two attached hydrogens (primary N) is 1. The van der Waals surface area contributed by atoms with E-state index in [0.29, 0.717) is 5.75 Å². The lowest BCUT2D eigenvalue weighted by atomic mass is 10.2. The molecule has 1 rings (SSSR count). The highest BCUT2D eigenvalue weighted by atomic mass is 16.5. The summed E-state index contributed by atoms with van der Waals surface area (Å²) in [4.78, 5) is 32.5. The van der Waals surface area contributed by atoms with Crippen molar-refractivity contribution in [1.82, 2.24) is 5.32 Å². The summed E-state index contributed by atoms with van der Waals surface area (Å²) in [5.74, 6) is -1.69. The molecule has 8 heteroatoms. The third-order valence-electron chi connectivity index (χ3n) is 2.04. The van der Waals surface area contributed by atoms with Gasteiger partial charge in [-0.1, -0.05) is 0 Å². The van der Waals surface area contributed by atoms with E-state index in [1.165, 1.54) is 25.3 Å². The van der Waals surface area contributed by atoms with Crippen LogP contribution in [-0.4, -0.2) is 36.7 Å². The zero-order valence-electron chi connectivity index (χ0n) is 10.0. The van der Waals surface area contributed by atoms with Gasteiger partial charge >= 0.3 is 12.0 Å². The van der Waals surface area contributed by atoms with Crippen molar-refractivity contribution in [2.75, 3.05) is 13.7 Å². The van der Waals surface area contributed by atoms with Gasteiger partial charge in [0.25, 0.3) is 5.91 Å². The summed E-state index contributed by atoms with van der Waals surface area (Å²) in [6, 6.07) is 3.07. The van der Waals surface area contributed by atoms with Gasteiger partial charge in [0.1, 0.15) is 17.1 Å². The number of aromatic carboxylic acids is 1. The first-order chi connectivity index (χ1) is 8.93. The molecule has 0 unspecified atom stereocenters. The van der Waals surface area contributed by atoms with E-state index in [1.807, 2.05) is 0 Å². The van der Waals surface area contributed by atoms with Crippen molar-refractivity contribution in [2.24, 2.45) is 5.73 Å². The number of nitrogens with one attached hydrogen (secondary N) is 1. The summed E-state index contributed by atoms with van der Waals surface area (Å²) >= 11 is 0. The van der Waals surface area contributed by atoms with Crippen molar-refractivity contribution >= 4 is 17.9 Å². The van der Waals surface area contributed by atoms with Crippen molar-refractivity contribution in [1.29, 1.82) is 0 Å². The minimum absolute atomic E-state index is 0.0204. The van der Waals surface area contributed by atoms with Crippen LogP contribution in [0.5, 0.6) is 11.5 Å². The maximum Gasteiger partial charge on any atom is 0.339 e. The average Bonchev–Trinajstić information content (AvgIpc) is 2.35. The zero-order chi connectivity index (χ0) is 14.4. The lowest BCUT2D eigenvalue weighted by Crippen LogP contribution is -2.38. The van der Waals surface area contributed by atoms with Gasteiger partial charge in [-0.15, -0.1) is 0 Å². The third-order valence-corrected chi connectivity index (χ3v) is 2.04. The number of rotatable bonds is 5. The number of ether oxygens (including phenoxy) is 2. The molecule has 19 heavy (non-hydrogen) atoms. The number of carboxylic acid groups (broad SMARTS) is 1. The van der Waals surface area contributed by atoms with Crippen LogP contribution in [0.3, 0.4) is 0 Å². The zero-order valence-corrected chi connectivity index (χ0v) is 10.0. The van der Waals surface area contributed by atoms with Crippen molar-refractivity contribution in [2.45, 2.75) is 0 Å². The average molecular weight is 268 g/mol. The van der Waals surface area contributed by atoms with Crippen LogP contribution in [0.15, 0.2) is 18.2 Å². The van der Waals surface area contributed by atoms with Gasteiger partial charge in [-0.25, -0.2) is 9.59 Å². The molecular formula is C11H12N2O6. The number of urea groups is 1. The van der Waals surface area contributed by atoms with E-state index in [1.54, 1.807) is 5.32 Å². The second kappa shape index (κ2) is 6.24. The second-order valence-corrected chi connectivity index (χ2v) is 3.37. The lowest BCUT2D eigenvalue weighted by molar-refractivity contribution is -0.121. The molecule has 0 saturated carbocycles. The number of methoxy groups -OCH3 is 1. The number of benzene rings is 1. The Hall–Kier alpha value is -2.77. The van der Waals surface area contributed by atoms with Crippen LogP contribution in [0.25, 0.3) is 0 Å². The Bertz CT molecular complexity index is 514. The molecule has 0 fully saturated rings. The fraction of sp³-hybridized carbons (Fsp3) is 0.182. The summed E-state index contributed by atoms with van der Waals surface area (Å²) < 4.78 is 9.88. The molecule has 3 amide bonds. The maximum absolute atomic E-state index is 11.1. The normalized spacial score (nSPS) is 9.53. The van der Waals surface area contributed by atoms with Crippen molar-refractivity contribution in [3.05, 3.63) is 23.8 Å². The minimum Gasteiger partial charge on any atom is -0.497 e. The van der Waals surface area contributed by atoms with Gasteiger partial charge in [-0.3, -0.25) is 10.1 Å². The molecule has 0 bridgehead atoms. The monoisotopic (exact) mass is 268 g/mol. The number of carbonyl (C=O) groups excluding carboxylic acids is 2. The first kappa shape index (κ1) is 14.3. The van der Waals surface area contributed by atoms with Crippen LogP contribution >= 0.6 is 0 Å². The van der Waals surface area contributed by atoms with Gasteiger partial charge < -0.3 is 20.3 Å². The van der Waals surface area contributed by atoms with Crippen LogP contribution in [0.4, 0.5) is 4.79 Å². The molecule has 0 aliphatic rings. The SMILES string of the molecule is COc1ccc(OCC(=O)NC(N)=O)c(C(=O)O)c1. The Morgan fingerprint density at radius 3 is 2.58 bits per heavy atom. The summed E-state index contributed by atoms with van der Waals surface area (Å²) in [7, 11) is 1.39. The minimum atomic E-state index is -1.23. The maximum atomic E-state index is 11.1. The molecule has 8 nitrogen and oxygen atoms in total. The highest BCUT2D eigenvalue weighted by Crippen LogP contribution is 2.24. The quantitative estimate of drug-likeness (QED) is 0.687. The molecule has 0 aliphatic heterocycles. The van der Waals surface area contributed by atoms with Crippen LogP contribution in [0.2, 0.25) is 0 Å². The molecule has 0 saturated heterocycles. The highest BCUT2D eigenvalue weighted by molar-refractivity contribution is 5.94. The highest BCUT2D eigenvalue weighted by Gasteiger charge is 2.14. The van der Waals surface area contributed by atoms with E-state index in [-0.39, 0.29) is 11.3 Å². The molecule has 0 aliphatic carbocycles. The van der Waals surface area contributed by atoms with Gasteiger partial charge in [0.2, 0.25) is 0 Å². The van der Waals surface area contributed by atoms with E-state index in [0.717, 1.165) is 0 Å². The third kappa shape index (κ3) is 4.19. The number of hydrogen-bond acceptors (Lipinski definition) is 5. The Kier molecular flexibility index (Phi) is 4.69. The molecule has 4 N–H and O–H groups in total. The topological polar surface area (TPSA) is 128 Å². The lowest BCUT2D eigenvalue weighted by Gasteiger charge is -2.09. The van der Waals surface area contributed by atoms with Gasteiger partial charge in [0, 0.05) is 0 Å². The van der Waals surface area contributed by atoms with E-state index in [9.17, 15) is 14.4 Å². The van der Waals surface area contributed by atoms with Gasteiger partial charge in [0.05, 0.1) is 7.11 Å². The van der Waals surface area contributed by atoms with Crippen molar-refractivity contribution in [3.8, 4) is 11.5 Å². The van der Waals surface area contributed by atoms with E-state index < -0.39 is 24.5 Å². The predicted molar refractivity (Wildman–Crippen MR) is 63.2 cm³/mol. The number of amides is 3. The predicted octanol–water partition coefficient (Wildman–Crippen LogP) is -0.0329. The fourth-order valence-corrected chi connectivity index (χ4v) is 1.25. The molecule has 0 atom stereocenters. The molecule has 102 valence electrons. The van der Waals surface area contributed by atoms with Gasteiger partial charge in [-0.05, 0) is 18.2 Å². The molecule has 1 aromatic rings. The fourth-order valence-electron chi connectivity index (χ4n) is 1.25. The Labute approximate surface area is 108 Å². The first-order valence-electron chi connectivity index (χ1n) is 5.07. The summed E-state index contributed by atoms with van der Waals surface area (Å²) in [6.07, 6.45) is 0. The number of carboxylic acids is 1. The summed E-state index contributed by atoms with van der Waals surface area (Å²) in [6.45, 7) is -0.532. The number of carbonyl (C=O) groups is 3. The number of imide groups is 1.